The van der Waals surface area contributed by atoms with Crippen LogP contribution in [0, 0.1) is 6.92 Å². The molecular weight excluding hydrogens is 272 g/mol. The third-order valence-electron chi connectivity index (χ3n) is 3.40. The lowest BCUT2D eigenvalue weighted by molar-refractivity contribution is 0.178. The molecule has 3 rings (SSSR count). The van der Waals surface area contributed by atoms with Crippen LogP contribution in [0.5, 0.6) is 11.8 Å². The molecule has 0 bridgehead atoms. The Morgan fingerprint density at radius 3 is 2.86 bits per heavy atom. The van der Waals surface area contributed by atoms with E-state index < -0.39 is 0 Å². The van der Waals surface area contributed by atoms with E-state index in [0.29, 0.717) is 11.8 Å². The molecule has 21 heavy (non-hydrogen) atoms. The summed E-state index contributed by atoms with van der Waals surface area (Å²) in [6.45, 7) is 4.46. The maximum absolute atomic E-state index is 5.78. The van der Waals surface area contributed by atoms with Crippen LogP contribution in [-0.4, -0.2) is 46.3 Å². The molecule has 1 aliphatic rings. The van der Waals surface area contributed by atoms with Crippen LogP contribution in [0.4, 0.5) is 0 Å². The summed E-state index contributed by atoms with van der Waals surface area (Å²) in [4.78, 5) is 10.5. The Labute approximate surface area is 122 Å². The Morgan fingerprint density at radius 1 is 1.38 bits per heavy atom. The minimum atomic E-state index is 0.0995. The zero-order valence-corrected chi connectivity index (χ0v) is 12.2. The predicted octanol–water partition coefficient (Wildman–Crippen LogP) is 1.43. The highest BCUT2D eigenvalue weighted by molar-refractivity contribution is 5.13. The summed E-state index contributed by atoms with van der Waals surface area (Å²) in [5, 5.41) is 3.90. The molecular formula is C14H18N4O3. The molecule has 3 heterocycles. The van der Waals surface area contributed by atoms with Crippen LogP contribution in [0.3, 0.4) is 0 Å². The molecule has 0 saturated carbocycles. The number of methoxy groups -OCH3 is 1. The van der Waals surface area contributed by atoms with E-state index in [1.165, 1.54) is 0 Å². The first-order valence-corrected chi connectivity index (χ1v) is 6.90. The zero-order valence-electron chi connectivity index (χ0n) is 12.2. The summed E-state index contributed by atoms with van der Waals surface area (Å²) in [7, 11) is 1.58. The third-order valence-corrected chi connectivity index (χ3v) is 3.40. The molecule has 0 amide bonds. The van der Waals surface area contributed by atoms with Crippen molar-refractivity contribution in [3.8, 4) is 11.8 Å². The summed E-state index contributed by atoms with van der Waals surface area (Å²) >= 11 is 0. The lowest BCUT2D eigenvalue weighted by Crippen LogP contribution is -2.24. The molecule has 7 nitrogen and oxygen atoms in total. The van der Waals surface area contributed by atoms with Crippen molar-refractivity contribution in [3.63, 3.8) is 0 Å². The van der Waals surface area contributed by atoms with Crippen molar-refractivity contribution >= 4 is 0 Å². The molecule has 0 spiro atoms. The monoisotopic (exact) mass is 290 g/mol. The Bertz CT molecular complexity index is 584. The number of nitrogens with zero attached hydrogens (tertiary/aromatic N) is 4. The van der Waals surface area contributed by atoms with Gasteiger partial charge in [0.25, 0.3) is 0 Å². The molecule has 7 heteroatoms. The van der Waals surface area contributed by atoms with Gasteiger partial charge < -0.3 is 14.0 Å². The molecule has 1 aliphatic heterocycles. The first kappa shape index (κ1) is 13.8. The Morgan fingerprint density at radius 2 is 2.19 bits per heavy atom. The van der Waals surface area contributed by atoms with E-state index in [2.05, 4.69) is 20.0 Å². The molecule has 0 aliphatic carbocycles. The highest BCUT2D eigenvalue weighted by atomic mass is 16.5. The lowest BCUT2D eigenvalue weighted by atomic mass is 10.3. The minimum absolute atomic E-state index is 0.0995. The van der Waals surface area contributed by atoms with Crippen molar-refractivity contribution in [3.05, 3.63) is 29.9 Å². The topological polar surface area (TPSA) is 73.5 Å². The van der Waals surface area contributed by atoms with Crippen molar-refractivity contribution in [2.24, 2.45) is 0 Å². The summed E-state index contributed by atoms with van der Waals surface area (Å²) < 4.78 is 16.0. The van der Waals surface area contributed by atoms with Gasteiger partial charge in [0.05, 0.1) is 31.7 Å². The first-order chi connectivity index (χ1) is 10.2. The van der Waals surface area contributed by atoms with Crippen LogP contribution < -0.4 is 9.47 Å². The largest absolute Gasteiger partial charge is 0.494 e. The summed E-state index contributed by atoms with van der Waals surface area (Å²) in [6.07, 6.45) is 4.25. The van der Waals surface area contributed by atoms with E-state index >= 15 is 0 Å². The summed E-state index contributed by atoms with van der Waals surface area (Å²) in [5.41, 5.74) is 0.906. The van der Waals surface area contributed by atoms with Crippen molar-refractivity contribution in [2.75, 3.05) is 20.2 Å². The number of hydrogen-bond acceptors (Lipinski definition) is 7. The van der Waals surface area contributed by atoms with E-state index in [1.807, 2.05) is 13.0 Å². The third kappa shape index (κ3) is 3.49. The summed E-state index contributed by atoms with van der Waals surface area (Å²) in [5.74, 6) is 1.50. The maximum Gasteiger partial charge on any atom is 0.316 e. The fourth-order valence-electron chi connectivity index (χ4n) is 2.37. The van der Waals surface area contributed by atoms with Gasteiger partial charge in [-0.3, -0.25) is 4.90 Å². The van der Waals surface area contributed by atoms with Gasteiger partial charge in [0.2, 0.25) is 0 Å². The number of rotatable bonds is 5. The van der Waals surface area contributed by atoms with Crippen molar-refractivity contribution in [1.29, 1.82) is 0 Å². The van der Waals surface area contributed by atoms with Gasteiger partial charge in [0.15, 0.2) is 11.5 Å². The van der Waals surface area contributed by atoms with Crippen LogP contribution in [0.25, 0.3) is 0 Å². The smallest absolute Gasteiger partial charge is 0.316 e. The number of aryl methyl sites for hydroxylation is 1. The molecule has 1 unspecified atom stereocenters. The van der Waals surface area contributed by atoms with Crippen LogP contribution in [0.2, 0.25) is 0 Å². The molecule has 1 fully saturated rings. The fraction of sp³-hybridized carbons (Fsp3) is 0.500. The SMILES string of the molecule is COc1cnc(OC2CCN(Cc3cc(C)no3)C2)nc1. The minimum Gasteiger partial charge on any atom is -0.494 e. The number of aromatic nitrogens is 3. The zero-order chi connectivity index (χ0) is 14.7. The molecule has 0 radical (unpaired) electrons. The van der Waals surface area contributed by atoms with Gasteiger partial charge in [-0.15, -0.1) is 0 Å². The van der Waals surface area contributed by atoms with Gasteiger partial charge in [0.1, 0.15) is 6.10 Å². The Hall–Kier alpha value is -2.15. The number of likely N-dealkylation sites (tertiary alicyclic amines) is 1. The lowest BCUT2D eigenvalue weighted by Gasteiger charge is -2.14. The van der Waals surface area contributed by atoms with Crippen LogP contribution >= 0.6 is 0 Å². The van der Waals surface area contributed by atoms with Crippen LogP contribution in [0.15, 0.2) is 23.0 Å². The van der Waals surface area contributed by atoms with Gasteiger partial charge in [-0.1, -0.05) is 5.16 Å². The predicted molar refractivity (Wildman–Crippen MR) is 74.1 cm³/mol. The molecule has 2 aromatic heterocycles. The van der Waals surface area contributed by atoms with E-state index in [4.69, 9.17) is 14.0 Å². The molecule has 0 N–H and O–H groups in total. The van der Waals surface area contributed by atoms with Crippen molar-refractivity contribution in [1.82, 2.24) is 20.0 Å². The second-order valence-electron chi connectivity index (χ2n) is 5.10. The number of hydrogen-bond donors (Lipinski definition) is 0. The van der Waals surface area contributed by atoms with Gasteiger partial charge >= 0.3 is 6.01 Å². The average Bonchev–Trinajstić information content (AvgIpc) is 3.09. The molecule has 2 aromatic rings. The van der Waals surface area contributed by atoms with Crippen molar-refractivity contribution in [2.45, 2.75) is 26.0 Å². The van der Waals surface area contributed by atoms with E-state index in [0.717, 1.165) is 37.5 Å². The van der Waals surface area contributed by atoms with Crippen molar-refractivity contribution < 1.29 is 14.0 Å². The maximum atomic E-state index is 5.78. The van der Waals surface area contributed by atoms with Gasteiger partial charge in [0, 0.05) is 19.2 Å². The van der Waals surface area contributed by atoms with Gasteiger partial charge in [-0.05, 0) is 13.3 Å². The summed E-state index contributed by atoms with van der Waals surface area (Å²) in [6, 6.07) is 2.35. The first-order valence-electron chi connectivity index (χ1n) is 6.90. The Balaban J connectivity index is 1.52. The van der Waals surface area contributed by atoms with Crippen LogP contribution in [-0.2, 0) is 6.54 Å². The molecule has 112 valence electrons. The van der Waals surface area contributed by atoms with E-state index in [1.54, 1.807) is 19.5 Å². The Kier molecular flexibility index (Phi) is 4.01. The second-order valence-corrected chi connectivity index (χ2v) is 5.10. The van der Waals surface area contributed by atoms with Gasteiger partial charge in [-0.2, -0.15) is 9.97 Å². The van der Waals surface area contributed by atoms with E-state index in [9.17, 15) is 0 Å². The quantitative estimate of drug-likeness (QED) is 0.824. The molecule has 1 saturated heterocycles. The van der Waals surface area contributed by atoms with Gasteiger partial charge in [-0.25, -0.2) is 0 Å². The number of ether oxygens (including phenoxy) is 2. The van der Waals surface area contributed by atoms with E-state index in [-0.39, 0.29) is 6.10 Å². The normalized spacial score (nSPS) is 18.9. The average molecular weight is 290 g/mol. The standard InChI is InChI=1S/C14H18N4O3/c1-10-5-12(21-17-10)9-18-4-3-11(8-18)20-14-15-6-13(19-2)7-16-14/h5-7,11H,3-4,8-9H2,1-2H3. The molecule has 0 aromatic carbocycles. The highest BCUT2D eigenvalue weighted by Gasteiger charge is 2.25. The fourth-order valence-corrected chi connectivity index (χ4v) is 2.37. The molecule has 1 atom stereocenters. The van der Waals surface area contributed by atoms with Crippen LogP contribution in [0.1, 0.15) is 17.9 Å². The highest BCUT2D eigenvalue weighted by Crippen LogP contribution is 2.18. The second kappa shape index (κ2) is 6.09.